The van der Waals surface area contributed by atoms with E-state index in [0.717, 1.165) is 10.0 Å². The van der Waals surface area contributed by atoms with Gasteiger partial charge in [0.05, 0.1) is 5.75 Å². The lowest BCUT2D eigenvalue weighted by atomic mass is 10.1. The number of amides is 2. The van der Waals surface area contributed by atoms with Gasteiger partial charge in [-0.15, -0.1) is 11.8 Å². The molecule has 3 aromatic rings. The molecule has 0 bridgehead atoms. The molecule has 0 radical (unpaired) electrons. The van der Waals surface area contributed by atoms with Crippen molar-refractivity contribution >= 4 is 50.9 Å². The number of carbonyl (C=O) groups is 2. The maximum atomic E-state index is 14.0. The maximum absolute atomic E-state index is 14.0. The van der Waals surface area contributed by atoms with Gasteiger partial charge in [-0.05, 0) is 60.5 Å². The SMILES string of the molecule is Cc1ccc(N2C(=O)CS[C@H]2c2ccc(NC(=O)c3cccc(Br)c3)cc2)cc1F. The Hall–Kier alpha value is -2.64. The van der Waals surface area contributed by atoms with Crippen LogP contribution < -0.4 is 10.2 Å². The molecule has 0 spiro atoms. The van der Waals surface area contributed by atoms with Crippen molar-refractivity contribution < 1.29 is 14.0 Å². The molecule has 0 saturated carbocycles. The molecule has 0 unspecified atom stereocenters. The monoisotopic (exact) mass is 484 g/mol. The van der Waals surface area contributed by atoms with Crippen LogP contribution in [0, 0.1) is 12.7 Å². The summed E-state index contributed by atoms with van der Waals surface area (Å²) in [6.07, 6.45) is 0. The third-order valence-corrected chi connectivity index (χ3v) is 6.55. The standard InChI is InChI=1S/C23H18BrFN2O2S/c1-14-5-10-19(12-20(14)25)27-21(28)13-30-23(27)15-6-8-18(9-7-15)26-22(29)16-3-2-4-17(24)11-16/h2-12,23H,13H2,1H3,(H,26,29)/t23-/m0/s1. The quantitative estimate of drug-likeness (QED) is 0.499. The van der Waals surface area contributed by atoms with Crippen molar-refractivity contribution in [2.75, 3.05) is 16.0 Å². The summed E-state index contributed by atoms with van der Waals surface area (Å²) >= 11 is 4.86. The van der Waals surface area contributed by atoms with Crippen LogP contribution in [0.4, 0.5) is 15.8 Å². The third kappa shape index (κ3) is 4.27. The topological polar surface area (TPSA) is 49.4 Å². The lowest BCUT2D eigenvalue weighted by Gasteiger charge is -2.25. The summed E-state index contributed by atoms with van der Waals surface area (Å²) < 4.78 is 14.9. The summed E-state index contributed by atoms with van der Waals surface area (Å²) in [4.78, 5) is 26.5. The Kier molecular flexibility index (Phi) is 5.92. The van der Waals surface area contributed by atoms with Crippen molar-refractivity contribution in [3.8, 4) is 0 Å². The molecule has 1 saturated heterocycles. The minimum absolute atomic E-state index is 0.0553. The van der Waals surface area contributed by atoms with Crippen molar-refractivity contribution in [3.63, 3.8) is 0 Å². The highest BCUT2D eigenvalue weighted by atomic mass is 79.9. The smallest absolute Gasteiger partial charge is 0.255 e. The van der Waals surface area contributed by atoms with E-state index in [2.05, 4.69) is 21.2 Å². The molecule has 1 aliphatic heterocycles. The normalized spacial score (nSPS) is 16.0. The average Bonchev–Trinajstić information content (AvgIpc) is 3.12. The summed E-state index contributed by atoms with van der Waals surface area (Å²) in [6.45, 7) is 1.69. The van der Waals surface area contributed by atoms with Gasteiger partial charge in [-0.1, -0.05) is 40.2 Å². The van der Waals surface area contributed by atoms with Crippen LogP contribution in [0.1, 0.15) is 26.9 Å². The molecule has 7 heteroatoms. The molecule has 30 heavy (non-hydrogen) atoms. The second kappa shape index (κ2) is 8.62. The van der Waals surface area contributed by atoms with Crippen molar-refractivity contribution in [2.45, 2.75) is 12.3 Å². The fourth-order valence-electron chi connectivity index (χ4n) is 3.25. The first-order chi connectivity index (χ1) is 14.4. The first-order valence-electron chi connectivity index (χ1n) is 9.29. The minimum atomic E-state index is -0.332. The molecule has 0 aromatic heterocycles. The van der Waals surface area contributed by atoms with Crippen molar-refractivity contribution in [1.82, 2.24) is 0 Å². The van der Waals surface area contributed by atoms with Crippen LogP contribution in [0.15, 0.2) is 71.2 Å². The number of carbonyl (C=O) groups excluding carboxylic acids is 2. The van der Waals surface area contributed by atoms with Crippen LogP contribution >= 0.6 is 27.7 Å². The van der Waals surface area contributed by atoms with Gasteiger partial charge in [0, 0.05) is 21.4 Å². The molecule has 1 aliphatic rings. The first kappa shape index (κ1) is 20.6. The van der Waals surface area contributed by atoms with Crippen LogP contribution in [0.2, 0.25) is 0 Å². The number of nitrogens with zero attached hydrogens (tertiary/aromatic N) is 1. The van der Waals surface area contributed by atoms with Crippen LogP contribution in [0.25, 0.3) is 0 Å². The molecule has 3 aromatic carbocycles. The van der Waals surface area contributed by atoms with E-state index in [0.29, 0.717) is 28.3 Å². The molecule has 0 aliphatic carbocycles. The Labute approximate surface area is 186 Å². The van der Waals surface area contributed by atoms with Gasteiger partial charge in [-0.25, -0.2) is 4.39 Å². The van der Waals surface area contributed by atoms with Gasteiger partial charge in [-0.3, -0.25) is 14.5 Å². The lowest BCUT2D eigenvalue weighted by Crippen LogP contribution is -2.28. The molecule has 4 nitrogen and oxygen atoms in total. The Morgan fingerprint density at radius 2 is 1.90 bits per heavy atom. The van der Waals surface area contributed by atoms with E-state index < -0.39 is 0 Å². The zero-order valence-electron chi connectivity index (χ0n) is 16.1. The molecule has 2 amide bonds. The van der Waals surface area contributed by atoms with E-state index >= 15 is 0 Å². The number of aryl methyl sites for hydroxylation is 1. The van der Waals surface area contributed by atoms with Gasteiger partial charge >= 0.3 is 0 Å². The van der Waals surface area contributed by atoms with E-state index in [-0.39, 0.29) is 23.0 Å². The summed E-state index contributed by atoms with van der Waals surface area (Å²) in [5.74, 6) is -0.255. The highest BCUT2D eigenvalue weighted by Gasteiger charge is 2.34. The maximum Gasteiger partial charge on any atom is 0.255 e. The second-order valence-electron chi connectivity index (χ2n) is 6.95. The number of anilines is 2. The van der Waals surface area contributed by atoms with Gasteiger partial charge in [0.15, 0.2) is 0 Å². The number of benzene rings is 3. The number of rotatable bonds is 4. The van der Waals surface area contributed by atoms with Gasteiger partial charge in [-0.2, -0.15) is 0 Å². The zero-order chi connectivity index (χ0) is 21.3. The van der Waals surface area contributed by atoms with Crippen molar-refractivity contribution in [2.24, 2.45) is 0 Å². The molecular weight excluding hydrogens is 467 g/mol. The lowest BCUT2D eigenvalue weighted by molar-refractivity contribution is -0.115. The molecular formula is C23H18BrFN2O2S. The molecule has 1 heterocycles. The molecule has 1 atom stereocenters. The summed E-state index contributed by atoms with van der Waals surface area (Å²) in [7, 11) is 0. The number of hydrogen-bond donors (Lipinski definition) is 1. The highest BCUT2D eigenvalue weighted by molar-refractivity contribution is 9.10. The first-order valence-corrected chi connectivity index (χ1v) is 11.1. The molecule has 4 rings (SSSR count). The fourth-order valence-corrected chi connectivity index (χ4v) is 4.82. The molecule has 152 valence electrons. The summed E-state index contributed by atoms with van der Waals surface area (Å²) in [6, 6.07) is 19.4. The van der Waals surface area contributed by atoms with Crippen LogP contribution in [0.3, 0.4) is 0 Å². The fraction of sp³-hybridized carbons (Fsp3) is 0.130. The average molecular weight is 485 g/mol. The Bertz CT molecular complexity index is 1120. The minimum Gasteiger partial charge on any atom is -0.322 e. The van der Waals surface area contributed by atoms with E-state index in [9.17, 15) is 14.0 Å². The Morgan fingerprint density at radius 3 is 2.60 bits per heavy atom. The van der Waals surface area contributed by atoms with Crippen LogP contribution in [-0.4, -0.2) is 17.6 Å². The molecule has 1 N–H and O–H groups in total. The van der Waals surface area contributed by atoms with E-state index in [1.54, 1.807) is 42.2 Å². The van der Waals surface area contributed by atoms with Gasteiger partial charge < -0.3 is 5.32 Å². The Balaban J connectivity index is 1.53. The van der Waals surface area contributed by atoms with Gasteiger partial charge in [0.2, 0.25) is 5.91 Å². The molecule has 1 fully saturated rings. The van der Waals surface area contributed by atoms with E-state index in [1.165, 1.54) is 17.8 Å². The largest absolute Gasteiger partial charge is 0.322 e. The van der Waals surface area contributed by atoms with Gasteiger partial charge in [0.1, 0.15) is 11.2 Å². The van der Waals surface area contributed by atoms with E-state index in [1.807, 2.05) is 30.3 Å². The van der Waals surface area contributed by atoms with Crippen LogP contribution in [0.5, 0.6) is 0 Å². The summed E-state index contributed by atoms with van der Waals surface area (Å²) in [5.41, 5.74) is 3.21. The third-order valence-electron chi connectivity index (χ3n) is 4.84. The highest BCUT2D eigenvalue weighted by Crippen LogP contribution is 2.42. The zero-order valence-corrected chi connectivity index (χ0v) is 18.5. The number of thioether (sulfide) groups is 1. The summed E-state index contributed by atoms with van der Waals surface area (Å²) in [5, 5.41) is 2.63. The Morgan fingerprint density at radius 1 is 1.13 bits per heavy atom. The number of halogens is 2. The predicted octanol–water partition coefficient (Wildman–Crippen LogP) is 5.93. The predicted molar refractivity (Wildman–Crippen MR) is 122 cm³/mol. The van der Waals surface area contributed by atoms with E-state index in [4.69, 9.17) is 0 Å². The number of hydrogen-bond acceptors (Lipinski definition) is 3. The van der Waals surface area contributed by atoms with Crippen LogP contribution in [-0.2, 0) is 4.79 Å². The van der Waals surface area contributed by atoms with Crippen molar-refractivity contribution in [1.29, 1.82) is 0 Å². The van der Waals surface area contributed by atoms with Crippen molar-refractivity contribution in [3.05, 3.63) is 93.7 Å². The second-order valence-corrected chi connectivity index (χ2v) is 8.93. The van der Waals surface area contributed by atoms with Gasteiger partial charge in [0.25, 0.3) is 5.91 Å². The number of nitrogens with one attached hydrogen (secondary N) is 1.